The first kappa shape index (κ1) is 49.4. The van der Waals surface area contributed by atoms with E-state index in [0.717, 1.165) is 38.5 Å². The largest absolute Gasteiger partial charge is 0.459 e. The summed E-state index contributed by atoms with van der Waals surface area (Å²) < 4.78 is 56.9. The fourth-order valence-corrected chi connectivity index (χ4v) is 8.85. The van der Waals surface area contributed by atoms with Crippen LogP contribution in [0.1, 0.15) is 112 Å². The van der Waals surface area contributed by atoms with Gasteiger partial charge >= 0.3 is 11.9 Å². The third-order valence-electron chi connectivity index (χ3n) is 12.2. The van der Waals surface area contributed by atoms with Gasteiger partial charge in [-0.1, -0.05) is 71.5 Å². The first-order chi connectivity index (χ1) is 31.5. The Morgan fingerprint density at radius 1 is 0.831 bits per heavy atom. The zero-order chi connectivity index (χ0) is 46.2. The number of benzene rings is 2. The third-order valence-corrected chi connectivity index (χ3v) is 12.2. The van der Waals surface area contributed by atoms with Crippen LogP contribution in [0.25, 0.3) is 31.3 Å². The number of hydrogen-bond donors (Lipinski definition) is 1. The molecule has 2 saturated heterocycles. The summed E-state index contributed by atoms with van der Waals surface area (Å²) in [6, 6.07) is 13.8. The van der Waals surface area contributed by atoms with E-state index in [1.807, 2.05) is 0 Å². The fourth-order valence-electron chi connectivity index (χ4n) is 8.85. The lowest BCUT2D eigenvalue weighted by Gasteiger charge is -2.53. The van der Waals surface area contributed by atoms with Crippen molar-refractivity contribution in [2.45, 2.75) is 170 Å². The quantitative estimate of drug-likeness (QED) is 0.0405. The Balaban J connectivity index is 1.28. The van der Waals surface area contributed by atoms with Crippen LogP contribution in [0.2, 0.25) is 0 Å². The first-order valence-electron chi connectivity index (χ1n) is 22.3. The molecule has 0 radical (unpaired) electrons. The van der Waals surface area contributed by atoms with E-state index >= 15 is 0 Å². The van der Waals surface area contributed by atoms with Crippen LogP contribution >= 0.6 is 0 Å². The Hall–Kier alpha value is -5.01. The SMILES string of the molecule is CC(CC(N=[N+]=[N-])[C@@H](O[C@H]1OC2COC3(CCCCC3)O[C@H]2[C@H](OCO[C@H](COC(=O)c2ccccc2)[C@@H](C)OC(=O)c2ccccc2)C1N=[N+]=[N-])[C@@H](C)OC1(O)CCCCC1)N=[N+]=[N-]. The van der Waals surface area contributed by atoms with Gasteiger partial charge in [-0.05, 0) is 86.8 Å². The lowest BCUT2D eigenvalue weighted by molar-refractivity contribution is -0.394. The molecule has 4 fully saturated rings. The number of aliphatic hydroxyl groups is 1. The number of fused-ring (bicyclic) bond motifs is 1. The maximum Gasteiger partial charge on any atom is 0.338 e. The van der Waals surface area contributed by atoms with Crippen molar-refractivity contribution in [1.29, 1.82) is 0 Å². The second kappa shape index (κ2) is 24.0. The molecule has 0 bridgehead atoms. The number of esters is 2. The maximum atomic E-state index is 13.2. The van der Waals surface area contributed by atoms with Crippen molar-refractivity contribution in [3.8, 4) is 0 Å². The Morgan fingerprint density at radius 2 is 1.46 bits per heavy atom. The molecule has 2 aromatic carbocycles. The van der Waals surface area contributed by atoms with Gasteiger partial charge in [0.15, 0.2) is 17.9 Å². The van der Waals surface area contributed by atoms with Crippen LogP contribution < -0.4 is 0 Å². The zero-order valence-corrected chi connectivity index (χ0v) is 37.0. The van der Waals surface area contributed by atoms with Crippen molar-refractivity contribution < 1.29 is 57.3 Å². The molecule has 21 nitrogen and oxygen atoms in total. The Kier molecular flexibility index (Phi) is 18.2. The number of carbonyl (C=O) groups is 2. The molecule has 2 saturated carbocycles. The normalized spacial score (nSPS) is 26.2. The Morgan fingerprint density at radius 3 is 2.09 bits per heavy atom. The summed E-state index contributed by atoms with van der Waals surface area (Å²) in [5.41, 5.74) is 29.6. The molecule has 1 spiro atoms. The van der Waals surface area contributed by atoms with E-state index in [-0.39, 0.29) is 19.6 Å². The van der Waals surface area contributed by atoms with Crippen molar-refractivity contribution in [3.05, 3.63) is 103 Å². The van der Waals surface area contributed by atoms with Crippen LogP contribution in [0, 0.1) is 0 Å². The Labute approximate surface area is 377 Å². The first-order valence-corrected chi connectivity index (χ1v) is 22.3. The maximum absolute atomic E-state index is 13.2. The lowest BCUT2D eigenvalue weighted by Crippen LogP contribution is -2.67. The summed E-state index contributed by atoms with van der Waals surface area (Å²) in [6.07, 6.45) is -1.18. The van der Waals surface area contributed by atoms with E-state index in [1.54, 1.807) is 81.4 Å². The van der Waals surface area contributed by atoms with Crippen LogP contribution in [0.5, 0.6) is 0 Å². The van der Waals surface area contributed by atoms with Gasteiger partial charge in [0.25, 0.3) is 0 Å². The summed E-state index contributed by atoms with van der Waals surface area (Å²) >= 11 is 0. The van der Waals surface area contributed by atoms with Gasteiger partial charge < -0.3 is 47.7 Å². The molecule has 2 aromatic rings. The molecule has 352 valence electrons. The number of rotatable bonds is 21. The molecule has 2 aliphatic carbocycles. The highest BCUT2D eigenvalue weighted by Gasteiger charge is 2.55. The third kappa shape index (κ3) is 13.5. The molecular formula is C44H59N9O12. The summed E-state index contributed by atoms with van der Waals surface area (Å²) in [4.78, 5) is 35.3. The summed E-state index contributed by atoms with van der Waals surface area (Å²) in [5.74, 6) is -3.68. The molecule has 1 N–H and O–H groups in total. The van der Waals surface area contributed by atoms with Gasteiger partial charge in [-0.25, -0.2) is 9.59 Å². The molecule has 11 atom stereocenters. The molecule has 4 aliphatic rings. The van der Waals surface area contributed by atoms with E-state index in [1.165, 1.54) is 0 Å². The van der Waals surface area contributed by atoms with Crippen molar-refractivity contribution >= 4 is 11.9 Å². The number of ether oxygens (including phenoxy) is 9. The monoisotopic (exact) mass is 905 g/mol. The zero-order valence-electron chi connectivity index (χ0n) is 37.0. The van der Waals surface area contributed by atoms with Gasteiger partial charge in [0.05, 0.1) is 36.0 Å². The molecule has 4 unspecified atom stereocenters. The van der Waals surface area contributed by atoms with E-state index in [9.17, 15) is 31.3 Å². The molecular weight excluding hydrogens is 847 g/mol. The van der Waals surface area contributed by atoms with Crippen LogP contribution in [0.4, 0.5) is 0 Å². The number of nitrogens with zero attached hydrogens (tertiary/aromatic N) is 9. The van der Waals surface area contributed by atoms with Crippen molar-refractivity contribution in [3.63, 3.8) is 0 Å². The molecule has 0 aromatic heterocycles. The van der Waals surface area contributed by atoms with Crippen LogP contribution in [0.3, 0.4) is 0 Å². The predicted octanol–water partition coefficient (Wildman–Crippen LogP) is 8.51. The average molecular weight is 906 g/mol. The summed E-state index contributed by atoms with van der Waals surface area (Å²) in [7, 11) is 0. The fraction of sp³-hybridized carbons (Fsp3) is 0.682. The second-order valence-corrected chi connectivity index (χ2v) is 17.0. The van der Waals surface area contributed by atoms with Gasteiger partial charge in [-0.15, -0.1) is 0 Å². The smallest absolute Gasteiger partial charge is 0.338 e. The van der Waals surface area contributed by atoms with Crippen LogP contribution in [-0.4, -0.2) is 116 Å². The van der Waals surface area contributed by atoms with E-state index in [2.05, 4.69) is 30.1 Å². The molecule has 2 aliphatic heterocycles. The molecule has 2 heterocycles. The lowest BCUT2D eigenvalue weighted by atomic mass is 9.90. The van der Waals surface area contributed by atoms with Gasteiger partial charge in [-0.3, -0.25) is 0 Å². The van der Waals surface area contributed by atoms with Crippen molar-refractivity contribution in [1.82, 2.24) is 0 Å². The van der Waals surface area contributed by atoms with Gasteiger partial charge in [0.2, 0.25) is 0 Å². The van der Waals surface area contributed by atoms with Gasteiger partial charge in [0, 0.05) is 46.5 Å². The molecule has 21 heteroatoms. The predicted molar refractivity (Wildman–Crippen MR) is 231 cm³/mol. The highest BCUT2D eigenvalue weighted by Crippen LogP contribution is 2.43. The number of carbonyl (C=O) groups excluding carboxylic acids is 2. The van der Waals surface area contributed by atoms with Crippen LogP contribution in [0.15, 0.2) is 76.0 Å². The topological polar surface area (TPSA) is 284 Å². The number of hydrogen-bond acceptors (Lipinski definition) is 15. The van der Waals surface area contributed by atoms with Crippen molar-refractivity contribution in [2.75, 3.05) is 20.0 Å². The highest BCUT2D eigenvalue weighted by molar-refractivity contribution is 5.90. The minimum atomic E-state index is -1.49. The highest BCUT2D eigenvalue weighted by atomic mass is 16.8. The average Bonchev–Trinajstić information content (AvgIpc) is 3.30. The number of azide groups is 3. The Bertz CT molecular complexity index is 1990. The van der Waals surface area contributed by atoms with Crippen LogP contribution in [-0.2, 0) is 42.6 Å². The standard InChI is InChI=1S/C44H59N9O12/c1-28(48-51-45)24-33(49-52-46)37(30(3)64-43(56)20-12-6-13-21-43)63-42-36(50-53-47)39(38-35(62-42)26-60-44(65-38)22-14-7-15-23-44)59-27-58-34(25-57-40(54)31-16-8-4-9-17-31)29(2)61-41(55)32-18-10-5-11-19-32/h4-5,8-11,16-19,28-30,33-39,42,56H,6-7,12-15,20-27H2,1-3H3/t28?,29-,30-,33?,34-,35?,36?,37+,38-,39-,42-/m1/s1. The van der Waals surface area contributed by atoms with E-state index in [4.69, 9.17) is 42.6 Å². The van der Waals surface area contributed by atoms with Crippen molar-refractivity contribution in [2.24, 2.45) is 15.3 Å². The van der Waals surface area contributed by atoms with Gasteiger partial charge in [0.1, 0.15) is 50.0 Å². The van der Waals surface area contributed by atoms with Gasteiger partial charge in [-0.2, -0.15) is 0 Å². The molecule has 0 amide bonds. The molecule has 6 rings (SSSR count). The minimum Gasteiger partial charge on any atom is -0.459 e. The van der Waals surface area contributed by atoms with E-state index < -0.39 is 97.4 Å². The minimum absolute atomic E-state index is 0.0294. The summed E-state index contributed by atoms with van der Waals surface area (Å²) in [5, 5.41) is 23.4. The molecule has 65 heavy (non-hydrogen) atoms. The van der Waals surface area contributed by atoms with E-state index in [0.29, 0.717) is 36.8 Å². The second-order valence-electron chi connectivity index (χ2n) is 17.0. The summed E-state index contributed by atoms with van der Waals surface area (Å²) in [6.45, 7) is 4.15.